The molecule has 1 fully saturated rings. The van der Waals surface area contributed by atoms with E-state index in [1.54, 1.807) is 38.1 Å². The Balaban J connectivity index is 0.000000466. The van der Waals surface area contributed by atoms with E-state index < -0.39 is 0 Å². The second-order valence-electron chi connectivity index (χ2n) is 5.71. The average molecular weight is 471 g/mol. The van der Waals surface area contributed by atoms with Gasteiger partial charge >= 0.3 is 11.9 Å². The van der Waals surface area contributed by atoms with Gasteiger partial charge in [0.1, 0.15) is 11.0 Å². The number of nitrogens with zero attached hydrogens (tertiary/aromatic N) is 2. The van der Waals surface area contributed by atoms with E-state index in [4.69, 9.17) is 31.7 Å². The molecule has 1 aliphatic heterocycles. The van der Waals surface area contributed by atoms with Gasteiger partial charge in [0.15, 0.2) is 0 Å². The van der Waals surface area contributed by atoms with Gasteiger partial charge in [-0.05, 0) is 51.0 Å². The number of hydrazine groups is 2. The zero-order valence-electron chi connectivity index (χ0n) is 18.3. The second kappa shape index (κ2) is 18.9. The summed E-state index contributed by atoms with van der Waals surface area (Å²) in [6.45, 7) is 6.22. The van der Waals surface area contributed by atoms with Gasteiger partial charge in [-0.1, -0.05) is 11.6 Å². The first kappa shape index (κ1) is 29.2. The molecule has 32 heavy (non-hydrogen) atoms. The molecule has 0 spiro atoms. The molecule has 3 heterocycles. The summed E-state index contributed by atoms with van der Waals surface area (Å²) in [5, 5.41) is 0.364. The molecule has 0 radical (unpaired) electrons. The van der Waals surface area contributed by atoms with Crippen molar-refractivity contribution in [3.8, 4) is 0 Å². The number of ether oxygens (including phenoxy) is 3. The van der Waals surface area contributed by atoms with Crippen LogP contribution in [0.4, 0.5) is 5.82 Å². The van der Waals surface area contributed by atoms with E-state index in [-0.39, 0.29) is 11.9 Å². The van der Waals surface area contributed by atoms with E-state index in [1.165, 1.54) is 25.2 Å². The van der Waals surface area contributed by atoms with Crippen LogP contribution in [0.25, 0.3) is 0 Å². The summed E-state index contributed by atoms with van der Waals surface area (Å²) in [6, 6.07) is 6.33. The van der Waals surface area contributed by atoms with Crippen molar-refractivity contribution >= 4 is 29.4 Å². The predicted octanol–water partition coefficient (Wildman–Crippen LogP) is 2.07. The molecule has 0 aromatic carbocycles. The van der Waals surface area contributed by atoms with Crippen LogP contribution in [0.5, 0.6) is 0 Å². The molecular weight excluding hydrogens is 440 g/mol. The van der Waals surface area contributed by atoms with Gasteiger partial charge in [0.05, 0.1) is 24.3 Å². The van der Waals surface area contributed by atoms with E-state index in [0.29, 0.717) is 35.3 Å². The van der Waals surface area contributed by atoms with Crippen molar-refractivity contribution in [3.63, 3.8) is 0 Å². The first-order chi connectivity index (χ1) is 15.5. The van der Waals surface area contributed by atoms with Gasteiger partial charge < -0.3 is 19.6 Å². The van der Waals surface area contributed by atoms with Gasteiger partial charge in [-0.3, -0.25) is 11.7 Å². The molecule has 3 rings (SSSR count). The molecule has 0 aliphatic carbocycles. The summed E-state index contributed by atoms with van der Waals surface area (Å²) in [4.78, 5) is 29.8. The SMILES string of the molecule is C1CCOC1.CCOC(=O)c1ccc(Cl)nc1.CCOC(=O)c1ccc(NN)nc1.NN. The highest BCUT2D eigenvalue weighted by Crippen LogP contribution is 2.06. The van der Waals surface area contributed by atoms with Crippen LogP contribution in [-0.4, -0.2) is 48.3 Å². The fourth-order valence-electron chi connectivity index (χ4n) is 2.04. The summed E-state index contributed by atoms with van der Waals surface area (Å²) < 4.78 is 14.5. The van der Waals surface area contributed by atoms with Crippen LogP contribution in [0.15, 0.2) is 36.7 Å². The van der Waals surface area contributed by atoms with Crippen molar-refractivity contribution in [3.05, 3.63) is 52.9 Å². The number of hydrogen-bond donors (Lipinski definition) is 4. The van der Waals surface area contributed by atoms with Gasteiger partial charge in [0.25, 0.3) is 0 Å². The Morgan fingerprint density at radius 1 is 0.969 bits per heavy atom. The fraction of sp³-hybridized carbons (Fsp3) is 0.400. The van der Waals surface area contributed by atoms with Crippen LogP contribution >= 0.6 is 11.6 Å². The van der Waals surface area contributed by atoms with Gasteiger partial charge in [0, 0.05) is 25.6 Å². The summed E-state index contributed by atoms with van der Waals surface area (Å²) in [5.41, 5.74) is 3.20. The molecule has 0 saturated carbocycles. The lowest BCUT2D eigenvalue weighted by Crippen LogP contribution is -2.10. The summed E-state index contributed by atoms with van der Waals surface area (Å²) >= 11 is 5.53. The molecule has 0 unspecified atom stereocenters. The van der Waals surface area contributed by atoms with Crippen molar-refractivity contribution in [2.45, 2.75) is 26.7 Å². The van der Waals surface area contributed by atoms with Crippen LogP contribution in [0, 0.1) is 0 Å². The van der Waals surface area contributed by atoms with Crippen molar-refractivity contribution in [1.82, 2.24) is 9.97 Å². The number of aromatic nitrogens is 2. The molecule has 1 aliphatic rings. The molecule has 0 atom stereocenters. The van der Waals surface area contributed by atoms with Crippen LogP contribution in [0.2, 0.25) is 5.15 Å². The maximum atomic E-state index is 11.1. The van der Waals surface area contributed by atoms with Crippen molar-refractivity contribution in [1.29, 1.82) is 0 Å². The van der Waals surface area contributed by atoms with Crippen LogP contribution in [0.1, 0.15) is 47.4 Å². The zero-order chi connectivity index (χ0) is 24.2. The molecule has 178 valence electrons. The molecule has 2 aromatic heterocycles. The minimum absolute atomic E-state index is 0.357. The standard InChI is InChI=1S/C8H8ClNO2.C8H11N3O2.C4H8O.H4N2/c1-2-12-8(11)6-3-4-7(9)10-5-6;1-2-13-8(12)6-3-4-7(11-9)10-5-6;1-2-4-5-3-1;1-2/h3-5H,2H2,1H3;3-5H,2,9H2,1H3,(H,10,11);1-4H2;1-2H2. The van der Waals surface area contributed by atoms with E-state index >= 15 is 0 Å². The number of halogens is 1. The molecule has 2 aromatic rings. The largest absolute Gasteiger partial charge is 0.462 e. The fourth-order valence-corrected chi connectivity index (χ4v) is 2.15. The van der Waals surface area contributed by atoms with E-state index in [1.807, 2.05) is 0 Å². The van der Waals surface area contributed by atoms with Crippen LogP contribution in [-0.2, 0) is 14.2 Å². The highest BCUT2D eigenvalue weighted by molar-refractivity contribution is 6.29. The number of carbonyl (C=O) groups excluding carboxylic acids is 2. The number of carbonyl (C=O) groups is 2. The van der Waals surface area contributed by atoms with E-state index in [9.17, 15) is 9.59 Å². The Kier molecular flexibility index (Phi) is 17.2. The maximum Gasteiger partial charge on any atom is 0.339 e. The Morgan fingerprint density at radius 2 is 1.47 bits per heavy atom. The summed E-state index contributed by atoms with van der Waals surface area (Å²) in [5.74, 6) is 12.9. The molecular formula is C20H31ClN6O5. The summed E-state index contributed by atoms with van der Waals surface area (Å²) in [6.07, 6.45) is 5.35. The number of nitrogens with two attached hydrogens (primary N) is 3. The van der Waals surface area contributed by atoms with Gasteiger partial charge in [0.2, 0.25) is 0 Å². The van der Waals surface area contributed by atoms with Crippen LogP contribution < -0.4 is 23.0 Å². The Hall–Kier alpha value is -2.83. The van der Waals surface area contributed by atoms with Gasteiger partial charge in [-0.25, -0.2) is 25.4 Å². The monoisotopic (exact) mass is 470 g/mol. The van der Waals surface area contributed by atoms with E-state index in [0.717, 1.165) is 13.2 Å². The number of anilines is 1. The highest BCUT2D eigenvalue weighted by atomic mass is 35.5. The highest BCUT2D eigenvalue weighted by Gasteiger charge is 2.06. The Labute approximate surface area is 192 Å². The number of nitrogens with one attached hydrogen (secondary N) is 1. The number of nitrogen functional groups attached to an aromatic ring is 1. The lowest BCUT2D eigenvalue weighted by Gasteiger charge is -2.01. The molecule has 1 saturated heterocycles. The number of hydrogen-bond acceptors (Lipinski definition) is 11. The van der Waals surface area contributed by atoms with Gasteiger partial charge in [-0.15, -0.1) is 0 Å². The minimum atomic E-state index is -0.376. The quantitative estimate of drug-likeness (QED) is 0.217. The normalized spacial score (nSPS) is 11.3. The van der Waals surface area contributed by atoms with Gasteiger partial charge in [-0.2, -0.15) is 0 Å². The van der Waals surface area contributed by atoms with Crippen molar-refractivity contribution in [2.24, 2.45) is 17.5 Å². The molecule has 0 bridgehead atoms. The first-order valence-corrected chi connectivity index (χ1v) is 10.2. The number of esters is 2. The molecule has 11 nitrogen and oxygen atoms in total. The predicted molar refractivity (Wildman–Crippen MR) is 122 cm³/mol. The maximum absolute atomic E-state index is 11.1. The topological polar surface area (TPSA) is 178 Å². The Morgan fingerprint density at radius 3 is 1.78 bits per heavy atom. The minimum Gasteiger partial charge on any atom is -0.462 e. The Bertz CT molecular complexity index is 750. The van der Waals surface area contributed by atoms with Crippen molar-refractivity contribution in [2.75, 3.05) is 31.9 Å². The summed E-state index contributed by atoms with van der Waals surface area (Å²) in [7, 11) is 0. The van der Waals surface area contributed by atoms with Crippen LogP contribution in [0.3, 0.4) is 0 Å². The smallest absolute Gasteiger partial charge is 0.339 e. The zero-order valence-corrected chi connectivity index (χ0v) is 19.0. The molecule has 7 N–H and O–H groups in total. The average Bonchev–Trinajstić information content (AvgIpc) is 3.42. The third-order valence-corrected chi connectivity index (χ3v) is 3.71. The lowest BCUT2D eigenvalue weighted by atomic mass is 10.3. The van der Waals surface area contributed by atoms with E-state index in [2.05, 4.69) is 27.1 Å². The third-order valence-electron chi connectivity index (χ3n) is 3.49. The number of pyridine rings is 2. The molecule has 0 amide bonds. The first-order valence-electron chi connectivity index (χ1n) is 9.81. The lowest BCUT2D eigenvalue weighted by molar-refractivity contribution is 0.0516. The third kappa shape index (κ3) is 12.8. The molecule has 12 heteroatoms. The number of rotatable bonds is 5. The second-order valence-corrected chi connectivity index (χ2v) is 6.09. The van der Waals surface area contributed by atoms with Crippen molar-refractivity contribution < 1.29 is 23.8 Å².